The van der Waals surface area contributed by atoms with Gasteiger partial charge in [0, 0.05) is 49.4 Å². The van der Waals surface area contributed by atoms with E-state index in [-0.39, 0.29) is 27.9 Å². The molecule has 1 fully saturated rings. The van der Waals surface area contributed by atoms with Crippen molar-refractivity contribution >= 4 is 34.6 Å². The van der Waals surface area contributed by atoms with Gasteiger partial charge in [-0.25, -0.2) is 0 Å². The zero-order valence-electron chi connectivity index (χ0n) is 15.0. The van der Waals surface area contributed by atoms with E-state index in [0.717, 1.165) is 0 Å². The van der Waals surface area contributed by atoms with Crippen molar-refractivity contribution < 1.29 is 14.6 Å². The second-order valence-corrected chi connectivity index (χ2v) is 6.81. The van der Waals surface area contributed by atoms with Crippen LogP contribution in [0.4, 0.5) is 17.1 Å². The Morgan fingerprint density at radius 2 is 1.64 bits per heavy atom. The average Bonchev–Trinajstić information content (AvgIpc) is 2.67. The summed E-state index contributed by atoms with van der Waals surface area (Å²) in [6.07, 6.45) is 0. The predicted octanol–water partition coefficient (Wildman–Crippen LogP) is 3.43. The lowest BCUT2D eigenvalue weighted by Gasteiger charge is -2.36. The van der Waals surface area contributed by atoms with Gasteiger partial charge in [0.15, 0.2) is 0 Å². The lowest BCUT2D eigenvalue weighted by atomic mass is 10.1. The summed E-state index contributed by atoms with van der Waals surface area (Å²) in [6, 6.07) is 8.90. The molecule has 1 amide bonds. The molecule has 2 aromatic carbocycles. The van der Waals surface area contributed by atoms with Gasteiger partial charge in [-0.1, -0.05) is 23.7 Å². The van der Waals surface area contributed by atoms with Crippen LogP contribution in [0.15, 0.2) is 36.4 Å². The van der Waals surface area contributed by atoms with E-state index in [1.807, 2.05) is 0 Å². The van der Waals surface area contributed by atoms with Crippen LogP contribution in [0.25, 0.3) is 0 Å². The molecule has 0 spiro atoms. The molecule has 1 aliphatic rings. The zero-order valence-corrected chi connectivity index (χ0v) is 15.8. The van der Waals surface area contributed by atoms with Crippen molar-refractivity contribution in [1.29, 1.82) is 0 Å². The molecule has 0 aliphatic carbocycles. The lowest BCUT2D eigenvalue weighted by Crippen LogP contribution is -2.49. The third kappa shape index (κ3) is 3.74. The van der Waals surface area contributed by atoms with Crippen molar-refractivity contribution in [3.8, 4) is 0 Å². The van der Waals surface area contributed by atoms with Crippen molar-refractivity contribution in [3.63, 3.8) is 0 Å². The van der Waals surface area contributed by atoms with Gasteiger partial charge in [-0.05, 0) is 19.1 Å². The number of benzene rings is 2. The first kappa shape index (κ1) is 19.6. The predicted molar refractivity (Wildman–Crippen MR) is 104 cm³/mol. The number of nitrogens with zero attached hydrogens (tertiary/aromatic N) is 4. The van der Waals surface area contributed by atoms with E-state index < -0.39 is 9.85 Å². The first-order valence-corrected chi connectivity index (χ1v) is 8.89. The summed E-state index contributed by atoms with van der Waals surface area (Å²) < 4.78 is 0. The molecule has 146 valence electrons. The number of aryl methyl sites for hydroxylation is 1. The van der Waals surface area contributed by atoms with Gasteiger partial charge >= 0.3 is 0 Å². The highest BCUT2D eigenvalue weighted by Crippen LogP contribution is 2.36. The summed E-state index contributed by atoms with van der Waals surface area (Å²) >= 11 is 6.17. The normalized spacial score (nSPS) is 14.1. The summed E-state index contributed by atoms with van der Waals surface area (Å²) in [4.78, 5) is 37.5. The van der Waals surface area contributed by atoms with Gasteiger partial charge in [0.1, 0.15) is 5.69 Å². The SMILES string of the molecule is Cc1ccc(C(=O)N2CCN(c3c(Cl)cccc3[N+](=O)[O-])CC2)cc1[N+](=O)[O-]. The Labute approximate surface area is 165 Å². The number of halogens is 1. The fraction of sp³-hybridized carbons (Fsp3) is 0.278. The molecule has 1 heterocycles. The van der Waals surface area contributed by atoms with E-state index in [1.54, 1.807) is 34.9 Å². The topological polar surface area (TPSA) is 110 Å². The number of rotatable bonds is 4. The molecule has 3 rings (SSSR count). The molecule has 0 unspecified atom stereocenters. The highest BCUT2D eigenvalue weighted by Gasteiger charge is 2.28. The van der Waals surface area contributed by atoms with Crippen LogP contribution in [0.1, 0.15) is 15.9 Å². The summed E-state index contributed by atoms with van der Waals surface area (Å²) in [5.74, 6) is -0.309. The standard InChI is InChI=1S/C18H17ClN4O5/c1-12-5-6-13(11-16(12)23(27)28)18(24)21-9-7-20(8-10-21)17-14(19)3-2-4-15(17)22(25)26/h2-6,11H,7-10H2,1H3. The molecule has 28 heavy (non-hydrogen) atoms. The maximum Gasteiger partial charge on any atom is 0.294 e. The molecular weight excluding hydrogens is 388 g/mol. The Kier molecular flexibility index (Phi) is 5.46. The third-order valence-corrected chi connectivity index (χ3v) is 5.00. The van der Waals surface area contributed by atoms with E-state index in [2.05, 4.69) is 0 Å². The van der Waals surface area contributed by atoms with Crippen molar-refractivity contribution in [2.24, 2.45) is 0 Å². The molecular formula is C18H17ClN4O5. The van der Waals surface area contributed by atoms with Crippen LogP contribution in [-0.2, 0) is 0 Å². The average molecular weight is 405 g/mol. The Balaban J connectivity index is 1.76. The van der Waals surface area contributed by atoms with Crippen LogP contribution >= 0.6 is 11.6 Å². The fourth-order valence-electron chi connectivity index (χ4n) is 3.22. The number of amides is 1. The van der Waals surface area contributed by atoms with Gasteiger partial charge in [0.25, 0.3) is 17.3 Å². The second-order valence-electron chi connectivity index (χ2n) is 6.40. The van der Waals surface area contributed by atoms with Crippen molar-refractivity contribution in [2.45, 2.75) is 6.92 Å². The van der Waals surface area contributed by atoms with Crippen LogP contribution in [0.3, 0.4) is 0 Å². The van der Waals surface area contributed by atoms with E-state index in [4.69, 9.17) is 11.6 Å². The van der Waals surface area contributed by atoms with Gasteiger partial charge in [0.05, 0.1) is 14.9 Å². The van der Waals surface area contributed by atoms with Crippen LogP contribution in [-0.4, -0.2) is 46.8 Å². The molecule has 0 atom stereocenters. The van der Waals surface area contributed by atoms with Gasteiger partial charge in [0.2, 0.25) is 0 Å². The van der Waals surface area contributed by atoms with Crippen LogP contribution in [0.2, 0.25) is 5.02 Å². The molecule has 0 bridgehead atoms. The molecule has 0 saturated carbocycles. The quantitative estimate of drug-likeness (QED) is 0.570. The minimum atomic E-state index is -0.513. The van der Waals surface area contributed by atoms with E-state index in [0.29, 0.717) is 37.4 Å². The van der Waals surface area contributed by atoms with Crippen LogP contribution in [0, 0.1) is 27.2 Å². The largest absolute Gasteiger partial charge is 0.361 e. The van der Waals surface area contributed by atoms with E-state index in [9.17, 15) is 25.0 Å². The minimum Gasteiger partial charge on any atom is -0.361 e. The molecule has 9 nitrogen and oxygen atoms in total. The Morgan fingerprint density at radius 3 is 2.25 bits per heavy atom. The van der Waals surface area contributed by atoms with Crippen molar-refractivity contribution in [2.75, 3.05) is 31.1 Å². The highest BCUT2D eigenvalue weighted by molar-refractivity contribution is 6.33. The highest BCUT2D eigenvalue weighted by atomic mass is 35.5. The number of para-hydroxylation sites is 1. The van der Waals surface area contributed by atoms with Gasteiger partial charge in [-0.2, -0.15) is 0 Å². The molecule has 10 heteroatoms. The van der Waals surface area contributed by atoms with E-state index >= 15 is 0 Å². The van der Waals surface area contributed by atoms with Gasteiger partial charge in [-0.15, -0.1) is 0 Å². The first-order valence-electron chi connectivity index (χ1n) is 8.51. The summed E-state index contributed by atoms with van der Waals surface area (Å²) in [7, 11) is 0. The van der Waals surface area contributed by atoms with Crippen molar-refractivity contribution in [3.05, 3.63) is 72.8 Å². The zero-order chi connectivity index (χ0) is 20.4. The maximum atomic E-state index is 12.7. The lowest BCUT2D eigenvalue weighted by molar-refractivity contribution is -0.385. The number of piperazine rings is 1. The number of nitro groups is 2. The third-order valence-electron chi connectivity index (χ3n) is 4.70. The number of nitro benzene ring substituents is 2. The maximum absolute atomic E-state index is 12.7. The van der Waals surface area contributed by atoms with Crippen LogP contribution < -0.4 is 4.90 Å². The van der Waals surface area contributed by atoms with Gasteiger partial charge < -0.3 is 9.80 Å². The second kappa shape index (κ2) is 7.81. The number of anilines is 1. The summed E-state index contributed by atoms with van der Waals surface area (Å²) in [5.41, 5.74) is 0.886. The number of hydrogen-bond donors (Lipinski definition) is 0. The number of hydrogen-bond acceptors (Lipinski definition) is 6. The molecule has 1 saturated heterocycles. The summed E-state index contributed by atoms with van der Waals surface area (Å²) in [5, 5.41) is 22.7. The molecule has 0 aromatic heterocycles. The van der Waals surface area contributed by atoms with E-state index in [1.165, 1.54) is 18.2 Å². The fourth-order valence-corrected chi connectivity index (χ4v) is 3.51. The van der Waals surface area contributed by atoms with Crippen molar-refractivity contribution in [1.82, 2.24) is 4.90 Å². The molecule has 1 aliphatic heterocycles. The smallest absolute Gasteiger partial charge is 0.294 e. The monoisotopic (exact) mass is 404 g/mol. The molecule has 0 radical (unpaired) electrons. The Hall–Kier alpha value is -3.20. The number of carbonyl (C=O) groups is 1. The molecule has 0 N–H and O–H groups in total. The Bertz CT molecular complexity index is 957. The molecule has 2 aromatic rings. The number of carbonyl (C=O) groups excluding carboxylic acids is 1. The van der Waals surface area contributed by atoms with Crippen LogP contribution in [0.5, 0.6) is 0 Å². The van der Waals surface area contributed by atoms with Gasteiger partial charge in [-0.3, -0.25) is 25.0 Å². The Morgan fingerprint density at radius 1 is 1.00 bits per heavy atom. The first-order chi connectivity index (χ1) is 13.3. The minimum absolute atomic E-state index is 0.0820. The summed E-state index contributed by atoms with van der Waals surface area (Å²) in [6.45, 7) is 2.99.